The van der Waals surface area contributed by atoms with Crippen LogP contribution >= 0.6 is 0 Å². The maximum atomic E-state index is 11.5. The lowest BCUT2D eigenvalue weighted by Gasteiger charge is -2.25. The van der Waals surface area contributed by atoms with Gasteiger partial charge in [0.15, 0.2) is 0 Å². The molecule has 0 atom stereocenters. The third-order valence-electron chi connectivity index (χ3n) is 2.18. The Bertz CT molecular complexity index is 243. The van der Waals surface area contributed by atoms with Crippen LogP contribution in [0, 0.1) is 0 Å². The van der Waals surface area contributed by atoms with E-state index < -0.39 is 0 Å². The van der Waals surface area contributed by atoms with Crippen molar-refractivity contribution in [2.24, 2.45) is 0 Å². The Hall–Kier alpha value is -1.32. The van der Waals surface area contributed by atoms with E-state index in [1.54, 1.807) is 0 Å². The standard InChI is InChI=1S/C10H16N2O2/c1-9(13)11-6-5-10(14)12-7-3-2-4-8-12/h5-6H,2-4,7-8H2,1H3,(H,11,13). The van der Waals surface area contributed by atoms with E-state index in [0.717, 1.165) is 25.9 Å². The van der Waals surface area contributed by atoms with Crippen LogP contribution < -0.4 is 5.32 Å². The van der Waals surface area contributed by atoms with Gasteiger partial charge in [-0.2, -0.15) is 0 Å². The van der Waals surface area contributed by atoms with Gasteiger partial charge >= 0.3 is 0 Å². The van der Waals surface area contributed by atoms with Crippen LogP contribution in [-0.4, -0.2) is 29.8 Å². The Kier molecular flexibility index (Phi) is 4.16. The number of rotatable bonds is 2. The van der Waals surface area contributed by atoms with Gasteiger partial charge in [-0.3, -0.25) is 9.59 Å². The molecule has 0 aromatic rings. The van der Waals surface area contributed by atoms with Gasteiger partial charge in [0.2, 0.25) is 11.8 Å². The predicted octanol–water partition coefficient (Wildman–Crippen LogP) is 0.649. The number of hydrogen-bond acceptors (Lipinski definition) is 2. The second-order valence-electron chi connectivity index (χ2n) is 3.42. The highest BCUT2D eigenvalue weighted by Gasteiger charge is 2.13. The molecular weight excluding hydrogens is 180 g/mol. The minimum Gasteiger partial charge on any atom is -0.339 e. The molecule has 0 unspecified atom stereocenters. The molecule has 1 saturated heterocycles. The van der Waals surface area contributed by atoms with Crippen molar-refractivity contribution in [2.45, 2.75) is 26.2 Å². The molecule has 14 heavy (non-hydrogen) atoms. The minimum absolute atomic E-state index is 0.0153. The highest BCUT2D eigenvalue weighted by Crippen LogP contribution is 2.08. The Morgan fingerprint density at radius 3 is 2.43 bits per heavy atom. The summed E-state index contributed by atoms with van der Waals surface area (Å²) in [5, 5.41) is 2.45. The molecule has 78 valence electrons. The smallest absolute Gasteiger partial charge is 0.248 e. The Balaban J connectivity index is 2.32. The number of amides is 2. The molecule has 4 nitrogen and oxygen atoms in total. The first kappa shape index (κ1) is 10.8. The van der Waals surface area contributed by atoms with Gasteiger partial charge in [0, 0.05) is 32.3 Å². The minimum atomic E-state index is -0.160. The topological polar surface area (TPSA) is 49.4 Å². The number of carbonyl (C=O) groups is 2. The van der Waals surface area contributed by atoms with E-state index >= 15 is 0 Å². The number of hydrogen-bond donors (Lipinski definition) is 1. The molecular formula is C10H16N2O2. The molecule has 1 aliphatic rings. The molecule has 1 aliphatic heterocycles. The predicted molar refractivity (Wildman–Crippen MR) is 53.4 cm³/mol. The van der Waals surface area contributed by atoms with E-state index in [9.17, 15) is 9.59 Å². The van der Waals surface area contributed by atoms with Crippen molar-refractivity contribution in [3.05, 3.63) is 12.3 Å². The van der Waals surface area contributed by atoms with E-state index in [0.29, 0.717) is 0 Å². The zero-order valence-electron chi connectivity index (χ0n) is 8.45. The van der Waals surface area contributed by atoms with Crippen molar-refractivity contribution in [3.8, 4) is 0 Å². The second kappa shape index (κ2) is 5.42. The summed E-state index contributed by atoms with van der Waals surface area (Å²) >= 11 is 0. The van der Waals surface area contributed by atoms with Gasteiger partial charge in [-0.05, 0) is 19.3 Å². The number of likely N-dealkylation sites (tertiary alicyclic amines) is 1. The monoisotopic (exact) mass is 196 g/mol. The average Bonchev–Trinajstić information content (AvgIpc) is 2.18. The molecule has 0 aromatic carbocycles. The summed E-state index contributed by atoms with van der Waals surface area (Å²) in [6.07, 6.45) is 6.19. The Labute approximate surface area is 84.0 Å². The Morgan fingerprint density at radius 1 is 1.21 bits per heavy atom. The van der Waals surface area contributed by atoms with Crippen LogP contribution in [0.3, 0.4) is 0 Å². The fourth-order valence-corrected chi connectivity index (χ4v) is 1.45. The summed E-state index contributed by atoms with van der Waals surface area (Å²) in [5.74, 6) is -0.175. The molecule has 0 radical (unpaired) electrons. The van der Waals surface area contributed by atoms with Gasteiger partial charge in [0.05, 0.1) is 0 Å². The van der Waals surface area contributed by atoms with Crippen molar-refractivity contribution in [1.29, 1.82) is 0 Å². The first-order chi connectivity index (χ1) is 6.70. The number of nitrogens with zero attached hydrogens (tertiary/aromatic N) is 1. The largest absolute Gasteiger partial charge is 0.339 e. The first-order valence-corrected chi connectivity index (χ1v) is 4.92. The van der Waals surface area contributed by atoms with Crippen LogP contribution in [0.4, 0.5) is 0 Å². The maximum absolute atomic E-state index is 11.5. The van der Waals surface area contributed by atoms with E-state index in [4.69, 9.17) is 0 Å². The molecule has 0 spiro atoms. The molecule has 1 rings (SSSR count). The number of carbonyl (C=O) groups excluding carboxylic acids is 2. The van der Waals surface area contributed by atoms with Crippen LogP contribution in [0.25, 0.3) is 0 Å². The van der Waals surface area contributed by atoms with Gasteiger partial charge in [-0.1, -0.05) is 0 Å². The molecule has 0 aromatic heterocycles. The summed E-state index contributed by atoms with van der Waals surface area (Å²) < 4.78 is 0. The summed E-state index contributed by atoms with van der Waals surface area (Å²) in [5.41, 5.74) is 0. The van der Waals surface area contributed by atoms with Gasteiger partial charge in [-0.25, -0.2) is 0 Å². The molecule has 0 aliphatic carbocycles. The maximum Gasteiger partial charge on any atom is 0.248 e. The summed E-state index contributed by atoms with van der Waals surface area (Å²) in [6, 6.07) is 0. The van der Waals surface area contributed by atoms with E-state index in [-0.39, 0.29) is 11.8 Å². The van der Waals surface area contributed by atoms with Gasteiger partial charge in [0.25, 0.3) is 0 Å². The number of piperidine rings is 1. The fraction of sp³-hybridized carbons (Fsp3) is 0.600. The van der Waals surface area contributed by atoms with Crippen molar-refractivity contribution in [3.63, 3.8) is 0 Å². The second-order valence-corrected chi connectivity index (χ2v) is 3.42. The first-order valence-electron chi connectivity index (χ1n) is 4.92. The third kappa shape index (κ3) is 3.60. The van der Waals surface area contributed by atoms with Crippen molar-refractivity contribution < 1.29 is 9.59 Å². The van der Waals surface area contributed by atoms with Crippen LogP contribution in [-0.2, 0) is 9.59 Å². The zero-order chi connectivity index (χ0) is 10.4. The van der Waals surface area contributed by atoms with Gasteiger partial charge in [-0.15, -0.1) is 0 Å². The van der Waals surface area contributed by atoms with Crippen LogP contribution in [0.1, 0.15) is 26.2 Å². The molecule has 1 heterocycles. The van der Waals surface area contributed by atoms with Crippen LogP contribution in [0.5, 0.6) is 0 Å². The molecule has 1 fully saturated rings. The van der Waals surface area contributed by atoms with Crippen molar-refractivity contribution in [1.82, 2.24) is 10.2 Å². The summed E-state index contributed by atoms with van der Waals surface area (Å²) in [7, 11) is 0. The molecule has 0 bridgehead atoms. The Morgan fingerprint density at radius 2 is 1.86 bits per heavy atom. The fourth-order valence-electron chi connectivity index (χ4n) is 1.45. The highest BCUT2D eigenvalue weighted by molar-refractivity contribution is 5.88. The lowest BCUT2D eigenvalue weighted by Crippen LogP contribution is -2.34. The van der Waals surface area contributed by atoms with Crippen molar-refractivity contribution >= 4 is 11.8 Å². The van der Waals surface area contributed by atoms with E-state index in [2.05, 4.69) is 5.32 Å². The average molecular weight is 196 g/mol. The van der Waals surface area contributed by atoms with E-state index in [1.807, 2.05) is 4.90 Å². The van der Waals surface area contributed by atoms with Crippen LogP contribution in [0.15, 0.2) is 12.3 Å². The molecule has 1 N–H and O–H groups in total. The van der Waals surface area contributed by atoms with E-state index in [1.165, 1.54) is 25.6 Å². The molecule has 2 amide bonds. The number of nitrogens with one attached hydrogen (secondary N) is 1. The van der Waals surface area contributed by atoms with Gasteiger partial charge < -0.3 is 10.2 Å². The lowest BCUT2D eigenvalue weighted by molar-refractivity contribution is -0.126. The highest BCUT2D eigenvalue weighted by atomic mass is 16.2. The normalized spacial score (nSPS) is 17.1. The summed E-state index contributed by atoms with van der Waals surface area (Å²) in [4.78, 5) is 23.8. The van der Waals surface area contributed by atoms with Crippen molar-refractivity contribution in [2.75, 3.05) is 13.1 Å². The van der Waals surface area contributed by atoms with Crippen LogP contribution in [0.2, 0.25) is 0 Å². The SMILES string of the molecule is CC(=O)NC=CC(=O)N1CCCCC1. The third-order valence-corrected chi connectivity index (χ3v) is 2.18. The summed E-state index contributed by atoms with van der Waals surface area (Å²) in [6.45, 7) is 3.09. The molecule has 4 heteroatoms. The lowest BCUT2D eigenvalue weighted by atomic mass is 10.1. The van der Waals surface area contributed by atoms with Gasteiger partial charge in [0.1, 0.15) is 0 Å². The quantitative estimate of drug-likeness (QED) is 0.659. The zero-order valence-corrected chi connectivity index (χ0v) is 8.45. The molecule has 0 saturated carbocycles.